The molecule has 0 atom stereocenters. The van der Waals surface area contributed by atoms with Crippen molar-refractivity contribution < 1.29 is 13.9 Å². The van der Waals surface area contributed by atoms with Crippen LogP contribution in [0, 0.1) is 6.92 Å². The fraction of sp³-hybridized carbons (Fsp3) is 0.375. The standard InChI is InChI=1S/C16H21N3O3.HI/c1-11-12-6-4-5-7-13(12)22-14(11)10-19-16(17-2)18-9-8-15(20)21-3;/h4-7H,8-10H2,1-3H3,(H2,17,18,19);1H. The third-order valence-corrected chi connectivity index (χ3v) is 3.43. The van der Waals surface area contributed by atoms with E-state index in [2.05, 4.69) is 20.4 Å². The van der Waals surface area contributed by atoms with Gasteiger partial charge >= 0.3 is 5.97 Å². The summed E-state index contributed by atoms with van der Waals surface area (Å²) in [6, 6.07) is 7.95. The fourth-order valence-electron chi connectivity index (χ4n) is 2.16. The van der Waals surface area contributed by atoms with Crippen LogP contribution in [0.25, 0.3) is 11.0 Å². The van der Waals surface area contributed by atoms with Crippen molar-refractivity contribution in [1.82, 2.24) is 10.6 Å². The minimum atomic E-state index is -0.254. The Bertz CT molecular complexity index is 682. The molecule has 0 saturated heterocycles. The highest BCUT2D eigenvalue weighted by molar-refractivity contribution is 14.0. The van der Waals surface area contributed by atoms with Gasteiger partial charge in [-0.2, -0.15) is 0 Å². The van der Waals surface area contributed by atoms with E-state index in [1.807, 2.05) is 31.2 Å². The molecule has 0 bridgehead atoms. The number of para-hydroxylation sites is 1. The second-order valence-corrected chi connectivity index (χ2v) is 4.83. The summed E-state index contributed by atoms with van der Waals surface area (Å²) < 4.78 is 10.4. The van der Waals surface area contributed by atoms with Gasteiger partial charge in [-0.15, -0.1) is 24.0 Å². The van der Waals surface area contributed by atoms with Gasteiger partial charge in [-0.05, 0) is 13.0 Å². The molecule has 0 aliphatic carbocycles. The fourth-order valence-corrected chi connectivity index (χ4v) is 2.16. The van der Waals surface area contributed by atoms with Crippen molar-refractivity contribution in [3.05, 3.63) is 35.6 Å². The zero-order valence-corrected chi connectivity index (χ0v) is 15.8. The lowest BCUT2D eigenvalue weighted by Gasteiger charge is -2.10. The molecule has 0 aliphatic rings. The van der Waals surface area contributed by atoms with Gasteiger partial charge in [0.15, 0.2) is 5.96 Å². The van der Waals surface area contributed by atoms with Crippen LogP contribution >= 0.6 is 24.0 Å². The van der Waals surface area contributed by atoms with Gasteiger partial charge in [0.25, 0.3) is 0 Å². The van der Waals surface area contributed by atoms with Crippen molar-refractivity contribution in [2.45, 2.75) is 19.9 Å². The molecule has 0 amide bonds. The number of methoxy groups -OCH3 is 1. The number of benzene rings is 1. The second-order valence-electron chi connectivity index (χ2n) is 4.83. The van der Waals surface area contributed by atoms with Gasteiger partial charge in [0, 0.05) is 24.5 Å². The number of carbonyl (C=O) groups excluding carboxylic acids is 1. The lowest BCUT2D eigenvalue weighted by atomic mass is 10.1. The predicted molar refractivity (Wildman–Crippen MR) is 101 cm³/mol. The van der Waals surface area contributed by atoms with E-state index in [9.17, 15) is 4.79 Å². The average Bonchev–Trinajstić information content (AvgIpc) is 2.87. The number of carbonyl (C=O) groups is 1. The molecule has 0 aliphatic heterocycles. The summed E-state index contributed by atoms with van der Waals surface area (Å²) in [5.41, 5.74) is 2.00. The van der Waals surface area contributed by atoms with Crippen molar-refractivity contribution in [2.75, 3.05) is 20.7 Å². The molecule has 0 saturated carbocycles. The van der Waals surface area contributed by atoms with E-state index in [4.69, 9.17) is 4.42 Å². The second kappa shape index (κ2) is 9.39. The molecule has 0 fully saturated rings. The largest absolute Gasteiger partial charge is 0.469 e. The SMILES string of the molecule is CN=C(NCCC(=O)OC)NCc1oc2ccccc2c1C.I. The van der Waals surface area contributed by atoms with Gasteiger partial charge in [0.1, 0.15) is 11.3 Å². The first-order chi connectivity index (χ1) is 10.7. The lowest BCUT2D eigenvalue weighted by Crippen LogP contribution is -2.38. The summed E-state index contributed by atoms with van der Waals surface area (Å²) in [5.74, 6) is 1.23. The van der Waals surface area contributed by atoms with Crippen LogP contribution in [0.15, 0.2) is 33.7 Å². The third-order valence-electron chi connectivity index (χ3n) is 3.43. The molecule has 6 nitrogen and oxygen atoms in total. The highest BCUT2D eigenvalue weighted by atomic mass is 127. The Labute approximate surface area is 152 Å². The number of aliphatic imine (C=N–C) groups is 1. The maximum atomic E-state index is 11.1. The van der Waals surface area contributed by atoms with Crippen molar-refractivity contribution in [3.63, 3.8) is 0 Å². The van der Waals surface area contributed by atoms with Crippen LogP contribution in [0.1, 0.15) is 17.7 Å². The molecule has 23 heavy (non-hydrogen) atoms. The van der Waals surface area contributed by atoms with E-state index < -0.39 is 0 Å². The molecular weight excluding hydrogens is 409 g/mol. The Balaban J connectivity index is 0.00000264. The zero-order valence-electron chi connectivity index (χ0n) is 13.5. The van der Waals surface area contributed by atoms with E-state index >= 15 is 0 Å². The van der Waals surface area contributed by atoms with Crippen LogP contribution < -0.4 is 10.6 Å². The number of rotatable bonds is 5. The van der Waals surface area contributed by atoms with Gasteiger partial charge in [-0.25, -0.2) is 0 Å². The van der Waals surface area contributed by atoms with E-state index in [1.54, 1.807) is 7.05 Å². The summed E-state index contributed by atoms with van der Waals surface area (Å²) in [4.78, 5) is 15.2. The number of nitrogens with one attached hydrogen (secondary N) is 2. The molecule has 2 aromatic rings. The summed E-state index contributed by atoms with van der Waals surface area (Å²) in [6.45, 7) is 3.03. The smallest absolute Gasteiger partial charge is 0.307 e. The number of esters is 1. The Morgan fingerprint density at radius 3 is 2.70 bits per heavy atom. The molecule has 0 radical (unpaired) electrons. The van der Waals surface area contributed by atoms with Crippen LogP contribution in [0.4, 0.5) is 0 Å². The Morgan fingerprint density at radius 2 is 2.04 bits per heavy atom. The monoisotopic (exact) mass is 431 g/mol. The summed E-state index contributed by atoms with van der Waals surface area (Å²) in [7, 11) is 3.05. The average molecular weight is 431 g/mol. The number of aryl methyl sites for hydroxylation is 1. The van der Waals surface area contributed by atoms with Crippen LogP contribution in [0.2, 0.25) is 0 Å². The molecule has 1 aromatic carbocycles. The maximum absolute atomic E-state index is 11.1. The van der Waals surface area contributed by atoms with Crippen LogP contribution in [0.5, 0.6) is 0 Å². The number of hydrogen-bond acceptors (Lipinski definition) is 4. The molecule has 1 heterocycles. The van der Waals surface area contributed by atoms with E-state index in [1.165, 1.54) is 7.11 Å². The summed E-state index contributed by atoms with van der Waals surface area (Å²) in [6.07, 6.45) is 0.293. The van der Waals surface area contributed by atoms with Crippen molar-refractivity contribution in [3.8, 4) is 0 Å². The highest BCUT2D eigenvalue weighted by Gasteiger charge is 2.10. The maximum Gasteiger partial charge on any atom is 0.307 e. The van der Waals surface area contributed by atoms with Crippen LogP contribution in [0.3, 0.4) is 0 Å². The number of furan rings is 1. The molecule has 7 heteroatoms. The number of hydrogen-bond donors (Lipinski definition) is 2. The first-order valence-electron chi connectivity index (χ1n) is 7.14. The van der Waals surface area contributed by atoms with Gasteiger partial charge in [0.2, 0.25) is 0 Å². The van der Waals surface area contributed by atoms with E-state index in [0.717, 1.165) is 22.3 Å². The lowest BCUT2D eigenvalue weighted by molar-refractivity contribution is -0.140. The Morgan fingerprint density at radius 1 is 1.30 bits per heavy atom. The summed E-state index contributed by atoms with van der Waals surface area (Å²) >= 11 is 0. The third kappa shape index (κ3) is 5.12. The number of fused-ring (bicyclic) bond motifs is 1. The number of guanidine groups is 1. The molecule has 2 N–H and O–H groups in total. The Kier molecular flexibility index (Phi) is 7.87. The molecule has 1 aromatic heterocycles. The highest BCUT2D eigenvalue weighted by Crippen LogP contribution is 2.24. The number of nitrogens with zero attached hydrogens (tertiary/aromatic N) is 1. The quantitative estimate of drug-likeness (QED) is 0.330. The van der Waals surface area contributed by atoms with E-state index in [-0.39, 0.29) is 29.9 Å². The first kappa shape index (κ1) is 19.3. The van der Waals surface area contributed by atoms with Crippen molar-refractivity contribution in [2.24, 2.45) is 4.99 Å². The van der Waals surface area contributed by atoms with Crippen molar-refractivity contribution >= 4 is 46.9 Å². The van der Waals surface area contributed by atoms with Crippen LogP contribution in [-0.4, -0.2) is 32.6 Å². The van der Waals surface area contributed by atoms with E-state index in [0.29, 0.717) is 25.5 Å². The van der Waals surface area contributed by atoms with Gasteiger partial charge in [-0.1, -0.05) is 18.2 Å². The van der Waals surface area contributed by atoms with Gasteiger partial charge in [-0.3, -0.25) is 9.79 Å². The van der Waals surface area contributed by atoms with Crippen LogP contribution in [-0.2, 0) is 16.1 Å². The molecule has 2 rings (SSSR count). The minimum Gasteiger partial charge on any atom is -0.469 e. The summed E-state index contributed by atoms with van der Waals surface area (Å²) in [5, 5.41) is 7.35. The van der Waals surface area contributed by atoms with Gasteiger partial charge in [0.05, 0.1) is 20.1 Å². The number of halogens is 1. The molecule has 0 spiro atoms. The number of ether oxygens (including phenoxy) is 1. The molecule has 0 unspecified atom stereocenters. The zero-order chi connectivity index (χ0) is 15.9. The topological polar surface area (TPSA) is 75.9 Å². The predicted octanol–water partition coefficient (Wildman–Crippen LogP) is 2.59. The minimum absolute atomic E-state index is 0. The van der Waals surface area contributed by atoms with Gasteiger partial charge < -0.3 is 19.8 Å². The van der Waals surface area contributed by atoms with Crippen molar-refractivity contribution in [1.29, 1.82) is 0 Å². The molecular formula is C16H22IN3O3. The first-order valence-corrected chi connectivity index (χ1v) is 7.14. The normalized spacial score (nSPS) is 11.0. The Hall–Kier alpha value is -1.77. The molecule has 126 valence electrons.